The Bertz CT molecular complexity index is 978. The first-order valence-electron chi connectivity index (χ1n) is 7.23. The summed E-state index contributed by atoms with van der Waals surface area (Å²) in [4.78, 5) is 14.9. The number of hydrogen-bond donors (Lipinski definition) is 2. The minimum Gasteiger partial charge on any atom is -0.464 e. The number of H-pyrrole nitrogens is 1. The lowest BCUT2D eigenvalue weighted by Crippen LogP contribution is -2.17. The number of hydrogen-bond acceptors (Lipinski definition) is 4. The van der Waals surface area contributed by atoms with Crippen LogP contribution in [0.15, 0.2) is 54.6 Å². The molecule has 6 nitrogen and oxygen atoms in total. The zero-order chi connectivity index (χ0) is 17.2. The molecule has 0 saturated carbocycles. The molecule has 0 radical (unpaired) electrons. The Hall–Kier alpha value is -2.80. The maximum atomic E-state index is 12.5. The van der Waals surface area contributed by atoms with E-state index < -0.39 is 16.0 Å². The highest BCUT2D eigenvalue weighted by Gasteiger charge is 2.22. The molecular formula is C17H16N2O4S. The van der Waals surface area contributed by atoms with Crippen molar-refractivity contribution in [3.05, 3.63) is 65.9 Å². The lowest BCUT2D eigenvalue weighted by Gasteiger charge is -2.09. The van der Waals surface area contributed by atoms with Crippen LogP contribution in [0.4, 0.5) is 5.69 Å². The van der Waals surface area contributed by atoms with Gasteiger partial charge in [-0.2, -0.15) is 0 Å². The highest BCUT2D eigenvalue weighted by Crippen LogP contribution is 2.29. The van der Waals surface area contributed by atoms with Crippen molar-refractivity contribution >= 4 is 32.6 Å². The molecule has 2 aromatic carbocycles. The largest absolute Gasteiger partial charge is 0.464 e. The monoisotopic (exact) mass is 344 g/mol. The van der Waals surface area contributed by atoms with Gasteiger partial charge in [0, 0.05) is 10.9 Å². The first-order valence-corrected chi connectivity index (χ1v) is 8.89. The number of fused-ring (bicyclic) bond motifs is 1. The van der Waals surface area contributed by atoms with Gasteiger partial charge < -0.3 is 9.72 Å². The SMILES string of the molecule is COC(=O)c1[nH]c2ccccc2c1NS(=O)(=O)Cc1ccccc1. The Balaban J connectivity index is 2.01. The molecule has 0 fully saturated rings. The predicted molar refractivity (Wildman–Crippen MR) is 92.3 cm³/mol. The third-order valence-electron chi connectivity index (χ3n) is 3.55. The van der Waals surface area contributed by atoms with Crippen molar-refractivity contribution in [3.63, 3.8) is 0 Å². The standard InChI is InChI=1S/C17H16N2O4S/c1-23-17(20)16-15(13-9-5-6-10-14(13)18-16)19-24(21,22)11-12-7-3-2-4-8-12/h2-10,18-19H,11H2,1H3. The fourth-order valence-electron chi connectivity index (χ4n) is 2.49. The van der Waals surface area contributed by atoms with Crippen molar-refractivity contribution < 1.29 is 17.9 Å². The molecule has 3 aromatic rings. The second-order valence-electron chi connectivity index (χ2n) is 5.26. The zero-order valence-corrected chi connectivity index (χ0v) is 13.8. The van der Waals surface area contributed by atoms with E-state index in [-0.39, 0.29) is 17.1 Å². The molecule has 1 heterocycles. The summed E-state index contributed by atoms with van der Waals surface area (Å²) in [5.41, 5.74) is 1.59. The number of aromatic amines is 1. The van der Waals surface area contributed by atoms with Gasteiger partial charge in [-0.3, -0.25) is 4.72 Å². The fraction of sp³-hybridized carbons (Fsp3) is 0.118. The fourth-order valence-corrected chi connectivity index (χ4v) is 3.71. The highest BCUT2D eigenvalue weighted by molar-refractivity contribution is 7.92. The van der Waals surface area contributed by atoms with Crippen LogP contribution in [0.5, 0.6) is 0 Å². The molecule has 0 bridgehead atoms. The smallest absolute Gasteiger partial charge is 0.356 e. The minimum absolute atomic E-state index is 0.0790. The third-order valence-corrected chi connectivity index (χ3v) is 4.78. The van der Waals surface area contributed by atoms with E-state index in [1.807, 2.05) is 6.07 Å². The Kier molecular flexibility index (Phi) is 4.26. The van der Waals surface area contributed by atoms with Crippen LogP contribution in [-0.4, -0.2) is 26.5 Å². The van der Waals surface area contributed by atoms with Gasteiger partial charge >= 0.3 is 5.97 Å². The molecule has 24 heavy (non-hydrogen) atoms. The first kappa shape index (κ1) is 16.1. The molecule has 124 valence electrons. The van der Waals surface area contributed by atoms with E-state index >= 15 is 0 Å². The topological polar surface area (TPSA) is 88.3 Å². The maximum Gasteiger partial charge on any atom is 0.356 e. The molecule has 0 spiro atoms. The number of benzene rings is 2. The number of anilines is 1. The Morgan fingerprint density at radius 3 is 2.46 bits per heavy atom. The van der Waals surface area contributed by atoms with Gasteiger partial charge in [0.1, 0.15) is 0 Å². The third kappa shape index (κ3) is 3.26. The van der Waals surface area contributed by atoms with Crippen molar-refractivity contribution in [2.75, 3.05) is 11.8 Å². The van der Waals surface area contributed by atoms with Gasteiger partial charge in [-0.15, -0.1) is 0 Å². The molecular weight excluding hydrogens is 328 g/mol. The van der Waals surface area contributed by atoms with Gasteiger partial charge in [0.25, 0.3) is 0 Å². The van der Waals surface area contributed by atoms with E-state index in [0.717, 1.165) is 0 Å². The van der Waals surface area contributed by atoms with E-state index in [1.54, 1.807) is 48.5 Å². The number of nitrogens with one attached hydrogen (secondary N) is 2. The van der Waals surface area contributed by atoms with Crippen LogP contribution in [0.3, 0.4) is 0 Å². The highest BCUT2D eigenvalue weighted by atomic mass is 32.2. The van der Waals surface area contributed by atoms with Crippen LogP contribution < -0.4 is 4.72 Å². The number of rotatable bonds is 5. The van der Waals surface area contributed by atoms with Gasteiger partial charge in [-0.05, 0) is 11.6 Å². The number of aromatic nitrogens is 1. The number of carbonyl (C=O) groups is 1. The average molecular weight is 344 g/mol. The number of ether oxygens (including phenoxy) is 1. The van der Waals surface area contributed by atoms with Gasteiger partial charge in [0.05, 0.1) is 18.6 Å². The first-order chi connectivity index (χ1) is 11.5. The summed E-state index contributed by atoms with van der Waals surface area (Å²) in [6.45, 7) is 0. The number of sulfonamides is 1. The number of esters is 1. The van der Waals surface area contributed by atoms with Crippen LogP contribution in [0, 0.1) is 0 Å². The Morgan fingerprint density at radius 2 is 1.75 bits per heavy atom. The van der Waals surface area contributed by atoms with Crippen molar-refractivity contribution in [2.24, 2.45) is 0 Å². The summed E-state index contributed by atoms with van der Waals surface area (Å²) in [7, 11) is -2.44. The van der Waals surface area contributed by atoms with Gasteiger partial charge in [0.15, 0.2) is 5.69 Å². The summed E-state index contributed by atoms with van der Waals surface area (Å²) >= 11 is 0. The zero-order valence-electron chi connectivity index (χ0n) is 12.9. The quantitative estimate of drug-likeness (QED) is 0.697. The molecule has 0 aliphatic heterocycles. The van der Waals surface area contributed by atoms with E-state index in [0.29, 0.717) is 16.5 Å². The summed E-state index contributed by atoms with van der Waals surface area (Å²) < 4.78 is 32.2. The van der Waals surface area contributed by atoms with Gasteiger partial charge in [-0.25, -0.2) is 13.2 Å². The van der Waals surface area contributed by atoms with Crippen LogP contribution in [0.1, 0.15) is 16.1 Å². The summed E-state index contributed by atoms with van der Waals surface area (Å²) in [6, 6.07) is 15.9. The summed E-state index contributed by atoms with van der Waals surface area (Å²) in [6.07, 6.45) is 0. The predicted octanol–water partition coefficient (Wildman–Crippen LogP) is 2.90. The van der Waals surface area contributed by atoms with Crippen molar-refractivity contribution in [2.45, 2.75) is 5.75 Å². The van der Waals surface area contributed by atoms with Crippen molar-refractivity contribution in [1.29, 1.82) is 0 Å². The lowest BCUT2D eigenvalue weighted by molar-refractivity contribution is 0.0596. The molecule has 0 aliphatic rings. The molecule has 0 saturated heterocycles. The maximum absolute atomic E-state index is 12.5. The van der Waals surface area contributed by atoms with Crippen molar-refractivity contribution in [3.8, 4) is 0 Å². The second kappa shape index (κ2) is 6.37. The minimum atomic E-state index is -3.69. The second-order valence-corrected chi connectivity index (χ2v) is 6.98. The van der Waals surface area contributed by atoms with Crippen LogP contribution in [0.2, 0.25) is 0 Å². The Morgan fingerprint density at radius 1 is 1.08 bits per heavy atom. The van der Waals surface area contributed by atoms with E-state index in [2.05, 4.69) is 9.71 Å². The molecule has 0 amide bonds. The van der Waals surface area contributed by atoms with Crippen LogP contribution >= 0.6 is 0 Å². The summed E-state index contributed by atoms with van der Waals surface area (Å²) in [5.74, 6) is -0.822. The van der Waals surface area contributed by atoms with Gasteiger partial charge in [0.2, 0.25) is 10.0 Å². The molecule has 0 atom stereocenters. The van der Waals surface area contributed by atoms with Crippen molar-refractivity contribution in [1.82, 2.24) is 4.98 Å². The number of para-hydroxylation sites is 1. The van der Waals surface area contributed by atoms with Crippen LogP contribution in [0.25, 0.3) is 10.9 Å². The molecule has 3 rings (SSSR count). The Labute approximate surface area is 139 Å². The normalized spacial score (nSPS) is 11.4. The van der Waals surface area contributed by atoms with E-state index in [4.69, 9.17) is 4.74 Å². The van der Waals surface area contributed by atoms with E-state index in [1.165, 1.54) is 7.11 Å². The molecule has 2 N–H and O–H groups in total. The number of methoxy groups -OCH3 is 1. The molecule has 7 heteroatoms. The molecule has 1 aromatic heterocycles. The van der Waals surface area contributed by atoms with Gasteiger partial charge in [-0.1, -0.05) is 48.5 Å². The molecule has 0 unspecified atom stereocenters. The summed E-state index contributed by atoms with van der Waals surface area (Å²) in [5, 5.41) is 0.606. The van der Waals surface area contributed by atoms with E-state index in [9.17, 15) is 13.2 Å². The van der Waals surface area contributed by atoms with Crippen LogP contribution in [-0.2, 0) is 20.5 Å². The average Bonchev–Trinajstić information content (AvgIpc) is 2.93. The number of carbonyl (C=O) groups excluding carboxylic acids is 1. The molecule has 0 aliphatic carbocycles. The lowest BCUT2D eigenvalue weighted by atomic mass is 10.2.